The Balaban J connectivity index is 1.69. The SMILES string of the molecule is Cc1cc2nc(SCC(=O)N3CCCC3)[nH]c2cc1C. The Kier molecular flexibility index (Phi) is 3.70. The second kappa shape index (κ2) is 5.48. The third-order valence-electron chi connectivity index (χ3n) is 3.87. The Bertz CT molecular complexity index is 605. The van der Waals surface area contributed by atoms with Crippen LogP contribution in [-0.2, 0) is 4.79 Å². The molecule has 0 bridgehead atoms. The van der Waals surface area contributed by atoms with Crippen LogP contribution in [0, 0.1) is 13.8 Å². The summed E-state index contributed by atoms with van der Waals surface area (Å²) >= 11 is 1.49. The molecule has 1 N–H and O–H groups in total. The van der Waals surface area contributed by atoms with Gasteiger partial charge in [0.2, 0.25) is 5.91 Å². The van der Waals surface area contributed by atoms with Gasteiger partial charge in [-0.25, -0.2) is 4.98 Å². The number of thioether (sulfide) groups is 1. The van der Waals surface area contributed by atoms with Crippen molar-refractivity contribution in [3.05, 3.63) is 23.3 Å². The molecular formula is C15H19N3OS. The fourth-order valence-corrected chi connectivity index (χ4v) is 3.29. The summed E-state index contributed by atoms with van der Waals surface area (Å²) < 4.78 is 0. The summed E-state index contributed by atoms with van der Waals surface area (Å²) in [7, 11) is 0. The predicted molar refractivity (Wildman–Crippen MR) is 82.1 cm³/mol. The monoisotopic (exact) mass is 289 g/mol. The molecule has 3 rings (SSSR count). The van der Waals surface area contributed by atoms with Crippen LogP contribution in [0.5, 0.6) is 0 Å². The first-order valence-corrected chi connectivity index (χ1v) is 7.99. The van der Waals surface area contributed by atoms with Crippen molar-refractivity contribution in [1.82, 2.24) is 14.9 Å². The quantitative estimate of drug-likeness (QED) is 0.884. The topological polar surface area (TPSA) is 49.0 Å². The number of nitrogens with one attached hydrogen (secondary N) is 1. The summed E-state index contributed by atoms with van der Waals surface area (Å²) in [6.45, 7) is 6.02. The van der Waals surface area contributed by atoms with Gasteiger partial charge in [-0.2, -0.15) is 0 Å². The number of nitrogens with zero attached hydrogens (tertiary/aromatic N) is 2. The molecule has 0 radical (unpaired) electrons. The summed E-state index contributed by atoms with van der Waals surface area (Å²) in [4.78, 5) is 21.8. The predicted octanol–water partition coefficient (Wildman–Crippen LogP) is 2.89. The Hall–Kier alpha value is -1.49. The van der Waals surface area contributed by atoms with E-state index < -0.39 is 0 Å². The van der Waals surface area contributed by atoms with Crippen LogP contribution in [0.1, 0.15) is 24.0 Å². The standard InChI is InChI=1S/C15H19N3OS/c1-10-7-12-13(8-11(10)2)17-15(16-12)20-9-14(19)18-5-3-4-6-18/h7-8H,3-6,9H2,1-2H3,(H,16,17). The van der Waals surface area contributed by atoms with Crippen LogP contribution < -0.4 is 0 Å². The number of imidazole rings is 1. The summed E-state index contributed by atoms with van der Waals surface area (Å²) in [6, 6.07) is 4.21. The maximum Gasteiger partial charge on any atom is 0.233 e. The van der Waals surface area contributed by atoms with Crippen LogP contribution in [-0.4, -0.2) is 39.6 Å². The number of hydrogen-bond donors (Lipinski definition) is 1. The smallest absolute Gasteiger partial charge is 0.233 e. The van der Waals surface area contributed by atoms with Crippen molar-refractivity contribution in [2.24, 2.45) is 0 Å². The number of aromatic amines is 1. The molecule has 20 heavy (non-hydrogen) atoms. The number of aromatic nitrogens is 2. The molecule has 5 heteroatoms. The minimum atomic E-state index is 0.223. The molecule has 1 aromatic heterocycles. The third-order valence-corrected chi connectivity index (χ3v) is 4.72. The molecule has 0 aliphatic carbocycles. The van der Waals surface area contributed by atoms with Crippen molar-refractivity contribution in [2.45, 2.75) is 31.8 Å². The lowest BCUT2D eigenvalue weighted by Gasteiger charge is -2.13. The zero-order chi connectivity index (χ0) is 14.1. The van der Waals surface area contributed by atoms with Crippen LogP contribution >= 0.6 is 11.8 Å². The highest BCUT2D eigenvalue weighted by atomic mass is 32.2. The van der Waals surface area contributed by atoms with E-state index in [0.717, 1.165) is 42.1 Å². The highest BCUT2D eigenvalue weighted by Gasteiger charge is 2.18. The molecule has 1 aliphatic rings. The van der Waals surface area contributed by atoms with Gasteiger partial charge in [0.1, 0.15) is 0 Å². The lowest BCUT2D eigenvalue weighted by molar-refractivity contribution is -0.127. The number of aryl methyl sites for hydroxylation is 2. The van der Waals surface area contributed by atoms with Crippen molar-refractivity contribution in [1.29, 1.82) is 0 Å². The van der Waals surface area contributed by atoms with Gasteiger partial charge in [0.25, 0.3) is 0 Å². The second-order valence-corrected chi connectivity index (χ2v) is 6.34. The number of H-pyrrole nitrogens is 1. The molecule has 1 fully saturated rings. The molecule has 106 valence electrons. The number of amides is 1. The summed E-state index contributed by atoms with van der Waals surface area (Å²) in [5, 5.41) is 0.831. The number of benzene rings is 1. The van der Waals surface area contributed by atoms with E-state index in [2.05, 4.69) is 35.9 Å². The highest BCUT2D eigenvalue weighted by molar-refractivity contribution is 7.99. The molecule has 1 saturated heterocycles. The zero-order valence-corrected chi connectivity index (χ0v) is 12.7. The molecule has 0 atom stereocenters. The Morgan fingerprint density at radius 3 is 2.75 bits per heavy atom. The first-order chi connectivity index (χ1) is 9.63. The number of rotatable bonds is 3. The molecule has 1 amide bonds. The van der Waals surface area contributed by atoms with Crippen LogP contribution in [0.2, 0.25) is 0 Å². The zero-order valence-electron chi connectivity index (χ0n) is 11.9. The van der Waals surface area contributed by atoms with E-state index in [1.165, 1.54) is 22.9 Å². The fraction of sp³-hybridized carbons (Fsp3) is 0.467. The summed E-state index contributed by atoms with van der Waals surface area (Å²) in [5.41, 5.74) is 4.52. The summed E-state index contributed by atoms with van der Waals surface area (Å²) in [6.07, 6.45) is 2.28. The summed E-state index contributed by atoms with van der Waals surface area (Å²) in [5.74, 6) is 0.693. The molecule has 0 unspecified atom stereocenters. The Morgan fingerprint density at radius 1 is 1.30 bits per heavy atom. The molecular weight excluding hydrogens is 270 g/mol. The van der Waals surface area contributed by atoms with Gasteiger partial charge < -0.3 is 9.88 Å². The Morgan fingerprint density at radius 2 is 2.00 bits per heavy atom. The van der Waals surface area contributed by atoms with Crippen molar-refractivity contribution < 1.29 is 4.79 Å². The van der Waals surface area contributed by atoms with E-state index in [1.807, 2.05) is 4.90 Å². The number of likely N-dealkylation sites (tertiary alicyclic amines) is 1. The van der Waals surface area contributed by atoms with E-state index >= 15 is 0 Å². The van der Waals surface area contributed by atoms with E-state index in [0.29, 0.717) is 5.75 Å². The average molecular weight is 289 g/mol. The highest BCUT2D eigenvalue weighted by Crippen LogP contribution is 2.23. The van der Waals surface area contributed by atoms with Crippen molar-refractivity contribution >= 4 is 28.7 Å². The van der Waals surface area contributed by atoms with E-state index in [1.54, 1.807) is 0 Å². The molecule has 1 aromatic carbocycles. The van der Waals surface area contributed by atoms with Crippen LogP contribution in [0.4, 0.5) is 0 Å². The van der Waals surface area contributed by atoms with Gasteiger partial charge in [-0.1, -0.05) is 11.8 Å². The maximum absolute atomic E-state index is 12.0. The molecule has 2 heterocycles. The average Bonchev–Trinajstić information content (AvgIpc) is 3.05. The van der Waals surface area contributed by atoms with Crippen molar-refractivity contribution in [3.63, 3.8) is 0 Å². The van der Waals surface area contributed by atoms with Crippen LogP contribution in [0.15, 0.2) is 17.3 Å². The van der Waals surface area contributed by atoms with Gasteiger partial charge in [-0.05, 0) is 49.9 Å². The molecule has 2 aromatic rings. The lowest BCUT2D eigenvalue weighted by Crippen LogP contribution is -2.29. The molecule has 1 aliphatic heterocycles. The van der Waals surface area contributed by atoms with Crippen molar-refractivity contribution in [3.8, 4) is 0 Å². The van der Waals surface area contributed by atoms with Gasteiger partial charge in [-0.3, -0.25) is 4.79 Å². The van der Waals surface area contributed by atoms with Gasteiger partial charge in [0.15, 0.2) is 5.16 Å². The number of fused-ring (bicyclic) bond motifs is 1. The number of carbonyl (C=O) groups is 1. The van der Waals surface area contributed by atoms with Gasteiger partial charge >= 0.3 is 0 Å². The Labute approximate surface area is 123 Å². The minimum absolute atomic E-state index is 0.223. The normalized spacial score (nSPS) is 15.2. The molecule has 0 spiro atoms. The lowest BCUT2D eigenvalue weighted by atomic mass is 10.1. The van der Waals surface area contributed by atoms with Crippen LogP contribution in [0.25, 0.3) is 11.0 Å². The van der Waals surface area contributed by atoms with E-state index in [4.69, 9.17) is 0 Å². The first-order valence-electron chi connectivity index (χ1n) is 7.01. The van der Waals surface area contributed by atoms with E-state index in [-0.39, 0.29) is 5.91 Å². The molecule has 4 nitrogen and oxygen atoms in total. The van der Waals surface area contributed by atoms with E-state index in [9.17, 15) is 4.79 Å². The first kappa shape index (κ1) is 13.5. The van der Waals surface area contributed by atoms with Crippen molar-refractivity contribution in [2.75, 3.05) is 18.8 Å². The minimum Gasteiger partial charge on any atom is -0.342 e. The van der Waals surface area contributed by atoms with Gasteiger partial charge in [-0.15, -0.1) is 0 Å². The second-order valence-electron chi connectivity index (χ2n) is 5.37. The third kappa shape index (κ3) is 2.68. The fourth-order valence-electron chi connectivity index (χ4n) is 2.50. The molecule has 0 saturated carbocycles. The number of hydrogen-bond acceptors (Lipinski definition) is 3. The number of carbonyl (C=O) groups excluding carboxylic acids is 1. The largest absolute Gasteiger partial charge is 0.342 e. The maximum atomic E-state index is 12.0. The van der Waals surface area contributed by atoms with Gasteiger partial charge in [0.05, 0.1) is 16.8 Å². The van der Waals surface area contributed by atoms with Gasteiger partial charge in [0, 0.05) is 13.1 Å². The van der Waals surface area contributed by atoms with Crippen LogP contribution in [0.3, 0.4) is 0 Å².